The molecule has 3 rings (SSSR count). The van der Waals surface area contributed by atoms with Crippen molar-refractivity contribution in [2.45, 2.75) is 26.2 Å². The topological polar surface area (TPSA) is 52.3 Å². The summed E-state index contributed by atoms with van der Waals surface area (Å²) in [4.78, 5) is 15.8. The average Bonchev–Trinajstić information content (AvgIpc) is 3.10. The van der Waals surface area contributed by atoms with Crippen molar-refractivity contribution in [3.05, 3.63) is 65.9 Å². The molecular formula is C21H21NO3. The van der Waals surface area contributed by atoms with E-state index in [4.69, 9.17) is 9.15 Å². The first kappa shape index (κ1) is 17.0. The van der Waals surface area contributed by atoms with Crippen LogP contribution in [0.3, 0.4) is 0 Å². The van der Waals surface area contributed by atoms with Gasteiger partial charge in [0.1, 0.15) is 0 Å². The number of carbonyl (C=O) groups excluding carboxylic acids is 1. The molecule has 0 spiro atoms. The molecule has 0 aliphatic heterocycles. The number of hydrogen-bond donors (Lipinski definition) is 0. The predicted octanol–water partition coefficient (Wildman–Crippen LogP) is 5.09. The lowest BCUT2D eigenvalue weighted by Crippen LogP contribution is -2.10. The highest BCUT2D eigenvalue weighted by Crippen LogP contribution is 2.29. The van der Waals surface area contributed by atoms with Crippen LogP contribution in [0, 0.1) is 0 Å². The Labute approximate surface area is 147 Å². The molecule has 0 aliphatic rings. The van der Waals surface area contributed by atoms with Gasteiger partial charge in [0.25, 0.3) is 0 Å². The Bertz CT molecular complexity index is 869. The van der Waals surface area contributed by atoms with E-state index in [-0.39, 0.29) is 11.4 Å². The third kappa shape index (κ3) is 3.63. The zero-order valence-electron chi connectivity index (χ0n) is 14.9. The summed E-state index contributed by atoms with van der Waals surface area (Å²) >= 11 is 0. The SMILES string of the molecule is COC(=O)c1ccc(-c2ncc(-c3ccc(C(C)(C)C)cc3)o2)cc1. The summed E-state index contributed by atoms with van der Waals surface area (Å²) in [6.45, 7) is 6.56. The molecule has 0 unspecified atom stereocenters. The summed E-state index contributed by atoms with van der Waals surface area (Å²) in [6, 6.07) is 15.3. The zero-order chi connectivity index (χ0) is 18.0. The van der Waals surface area contributed by atoms with E-state index in [1.54, 1.807) is 30.5 Å². The van der Waals surface area contributed by atoms with E-state index in [0.29, 0.717) is 17.2 Å². The number of benzene rings is 2. The van der Waals surface area contributed by atoms with Gasteiger partial charge in [-0.3, -0.25) is 0 Å². The number of carbonyl (C=O) groups is 1. The first-order valence-electron chi connectivity index (χ1n) is 8.14. The lowest BCUT2D eigenvalue weighted by molar-refractivity contribution is 0.0600. The smallest absolute Gasteiger partial charge is 0.337 e. The van der Waals surface area contributed by atoms with Crippen LogP contribution in [0.15, 0.2) is 59.1 Å². The van der Waals surface area contributed by atoms with Gasteiger partial charge in [-0.2, -0.15) is 0 Å². The van der Waals surface area contributed by atoms with Crippen molar-refractivity contribution < 1.29 is 13.9 Å². The van der Waals surface area contributed by atoms with Gasteiger partial charge in [-0.15, -0.1) is 0 Å². The van der Waals surface area contributed by atoms with Gasteiger partial charge in [0.15, 0.2) is 5.76 Å². The number of nitrogens with zero attached hydrogens (tertiary/aromatic N) is 1. The first-order chi connectivity index (χ1) is 11.9. The fourth-order valence-electron chi connectivity index (χ4n) is 2.54. The minimum Gasteiger partial charge on any atom is -0.465 e. The number of aromatic nitrogens is 1. The lowest BCUT2D eigenvalue weighted by atomic mass is 9.86. The van der Waals surface area contributed by atoms with E-state index in [1.807, 2.05) is 12.1 Å². The summed E-state index contributed by atoms with van der Waals surface area (Å²) in [7, 11) is 1.36. The molecule has 128 valence electrons. The van der Waals surface area contributed by atoms with Gasteiger partial charge in [-0.1, -0.05) is 45.0 Å². The van der Waals surface area contributed by atoms with Crippen LogP contribution in [0.1, 0.15) is 36.7 Å². The Morgan fingerprint density at radius 3 is 2.12 bits per heavy atom. The number of hydrogen-bond acceptors (Lipinski definition) is 4. The van der Waals surface area contributed by atoms with E-state index in [0.717, 1.165) is 11.1 Å². The van der Waals surface area contributed by atoms with Crippen LogP contribution in [0.25, 0.3) is 22.8 Å². The minimum atomic E-state index is -0.362. The number of rotatable bonds is 3. The zero-order valence-corrected chi connectivity index (χ0v) is 14.9. The van der Waals surface area contributed by atoms with Crippen molar-refractivity contribution in [2.75, 3.05) is 7.11 Å². The molecular weight excluding hydrogens is 314 g/mol. The maximum absolute atomic E-state index is 11.5. The molecule has 1 heterocycles. The molecule has 0 N–H and O–H groups in total. The number of oxazole rings is 1. The molecule has 2 aromatic carbocycles. The third-order valence-corrected chi connectivity index (χ3v) is 4.09. The molecule has 0 bridgehead atoms. The molecule has 0 atom stereocenters. The van der Waals surface area contributed by atoms with E-state index >= 15 is 0 Å². The Hall–Kier alpha value is -2.88. The fourth-order valence-corrected chi connectivity index (χ4v) is 2.54. The van der Waals surface area contributed by atoms with Gasteiger partial charge < -0.3 is 9.15 Å². The van der Waals surface area contributed by atoms with Crippen molar-refractivity contribution in [3.63, 3.8) is 0 Å². The maximum atomic E-state index is 11.5. The molecule has 0 fully saturated rings. The standard InChI is InChI=1S/C21H21NO3/c1-21(2,3)17-11-9-14(10-12-17)18-13-22-19(25-18)15-5-7-16(8-6-15)20(23)24-4/h5-13H,1-4H3. The van der Waals surface area contributed by atoms with E-state index in [2.05, 4.69) is 37.9 Å². The molecule has 0 aliphatic carbocycles. The van der Waals surface area contributed by atoms with Gasteiger partial charge in [0.2, 0.25) is 5.89 Å². The van der Waals surface area contributed by atoms with Crippen molar-refractivity contribution in [2.24, 2.45) is 0 Å². The van der Waals surface area contributed by atoms with Crippen LogP contribution < -0.4 is 0 Å². The van der Waals surface area contributed by atoms with Crippen LogP contribution in [0.5, 0.6) is 0 Å². The Morgan fingerprint density at radius 2 is 1.56 bits per heavy atom. The van der Waals surface area contributed by atoms with Gasteiger partial charge in [0.05, 0.1) is 18.9 Å². The highest BCUT2D eigenvalue weighted by atomic mass is 16.5. The monoisotopic (exact) mass is 335 g/mol. The Kier molecular flexibility index (Phi) is 4.45. The second-order valence-corrected chi connectivity index (χ2v) is 6.93. The molecule has 3 aromatic rings. The summed E-state index contributed by atoms with van der Waals surface area (Å²) in [5, 5.41) is 0. The minimum absolute atomic E-state index is 0.118. The summed E-state index contributed by atoms with van der Waals surface area (Å²) in [5.74, 6) is 0.873. The second kappa shape index (κ2) is 6.55. The largest absolute Gasteiger partial charge is 0.465 e. The van der Waals surface area contributed by atoms with Crippen LogP contribution in [-0.4, -0.2) is 18.1 Å². The highest BCUT2D eigenvalue weighted by molar-refractivity contribution is 5.89. The van der Waals surface area contributed by atoms with Gasteiger partial charge >= 0.3 is 5.97 Å². The Morgan fingerprint density at radius 1 is 0.960 bits per heavy atom. The molecule has 4 heteroatoms. The van der Waals surface area contributed by atoms with E-state index < -0.39 is 0 Å². The molecule has 0 radical (unpaired) electrons. The van der Waals surface area contributed by atoms with E-state index in [1.165, 1.54) is 12.7 Å². The number of esters is 1. The van der Waals surface area contributed by atoms with Crippen LogP contribution in [0.2, 0.25) is 0 Å². The van der Waals surface area contributed by atoms with Crippen molar-refractivity contribution in [1.29, 1.82) is 0 Å². The fraction of sp³-hybridized carbons (Fsp3) is 0.238. The normalized spacial score (nSPS) is 11.4. The van der Waals surface area contributed by atoms with Gasteiger partial charge in [0, 0.05) is 11.1 Å². The predicted molar refractivity (Wildman–Crippen MR) is 97.4 cm³/mol. The van der Waals surface area contributed by atoms with Crippen LogP contribution in [0.4, 0.5) is 0 Å². The molecule has 0 saturated heterocycles. The summed E-state index contributed by atoms with van der Waals surface area (Å²) in [6.07, 6.45) is 1.72. The Balaban J connectivity index is 1.84. The lowest BCUT2D eigenvalue weighted by Gasteiger charge is -2.18. The number of ether oxygens (including phenoxy) is 1. The van der Waals surface area contributed by atoms with Crippen molar-refractivity contribution in [1.82, 2.24) is 4.98 Å². The van der Waals surface area contributed by atoms with Crippen LogP contribution >= 0.6 is 0 Å². The van der Waals surface area contributed by atoms with Crippen LogP contribution in [-0.2, 0) is 10.2 Å². The maximum Gasteiger partial charge on any atom is 0.337 e. The highest BCUT2D eigenvalue weighted by Gasteiger charge is 2.14. The van der Waals surface area contributed by atoms with Gasteiger partial charge in [-0.25, -0.2) is 9.78 Å². The molecule has 0 amide bonds. The molecule has 0 saturated carbocycles. The van der Waals surface area contributed by atoms with Crippen molar-refractivity contribution >= 4 is 5.97 Å². The van der Waals surface area contributed by atoms with E-state index in [9.17, 15) is 4.79 Å². The molecule has 4 nitrogen and oxygen atoms in total. The summed E-state index contributed by atoms with van der Waals surface area (Å²) < 4.78 is 10.6. The number of methoxy groups -OCH3 is 1. The average molecular weight is 335 g/mol. The van der Waals surface area contributed by atoms with Crippen molar-refractivity contribution in [3.8, 4) is 22.8 Å². The first-order valence-corrected chi connectivity index (χ1v) is 8.14. The summed E-state index contributed by atoms with van der Waals surface area (Å²) in [5.41, 5.74) is 3.68. The molecule has 1 aromatic heterocycles. The molecule has 25 heavy (non-hydrogen) atoms. The quantitative estimate of drug-likeness (QED) is 0.625. The third-order valence-electron chi connectivity index (χ3n) is 4.09. The van der Waals surface area contributed by atoms with Gasteiger partial charge in [-0.05, 0) is 35.2 Å². The second-order valence-electron chi connectivity index (χ2n) is 6.93.